The Morgan fingerprint density at radius 3 is 2.50 bits per heavy atom. The van der Waals surface area contributed by atoms with Gasteiger partial charge in [-0.3, -0.25) is 14.6 Å². The van der Waals surface area contributed by atoms with Crippen molar-refractivity contribution in [2.24, 2.45) is 0 Å². The summed E-state index contributed by atoms with van der Waals surface area (Å²) in [5.41, 5.74) is 2.14. The molecule has 0 radical (unpaired) electrons. The third-order valence-electron chi connectivity index (χ3n) is 3.48. The van der Waals surface area contributed by atoms with Crippen molar-refractivity contribution in [1.82, 2.24) is 4.98 Å². The van der Waals surface area contributed by atoms with E-state index >= 15 is 0 Å². The van der Waals surface area contributed by atoms with Crippen molar-refractivity contribution in [2.75, 3.05) is 22.1 Å². The normalized spacial score (nSPS) is 10.5. The molecular formula is C19H16BrN3O2S. The Morgan fingerprint density at radius 2 is 1.69 bits per heavy atom. The van der Waals surface area contributed by atoms with E-state index in [1.54, 1.807) is 6.20 Å². The highest BCUT2D eigenvalue weighted by atomic mass is 79.9. The second kappa shape index (κ2) is 8.82. The molecule has 0 aliphatic carbocycles. The first-order valence-electron chi connectivity index (χ1n) is 7.88. The van der Waals surface area contributed by atoms with Gasteiger partial charge >= 0.3 is 0 Å². The standard InChI is InChI=1S/C19H16BrN3O2S/c20-14-6-2-7-15(10-14)22-17(24)11-26-12-18(25)23-16-8-1-4-13-5-3-9-21-19(13)16/h1-10H,11-12H2,(H,22,24)(H,23,25). The molecule has 1 aromatic heterocycles. The number of pyridine rings is 1. The van der Waals surface area contributed by atoms with Gasteiger partial charge in [0, 0.05) is 21.7 Å². The molecule has 3 rings (SSSR count). The van der Waals surface area contributed by atoms with Crippen molar-refractivity contribution < 1.29 is 9.59 Å². The molecule has 2 amide bonds. The molecule has 2 N–H and O–H groups in total. The summed E-state index contributed by atoms with van der Waals surface area (Å²) in [6.45, 7) is 0. The average molecular weight is 430 g/mol. The van der Waals surface area contributed by atoms with Crippen LogP contribution in [-0.4, -0.2) is 28.3 Å². The maximum Gasteiger partial charge on any atom is 0.234 e. The molecule has 0 saturated heterocycles. The van der Waals surface area contributed by atoms with Crippen molar-refractivity contribution in [3.8, 4) is 0 Å². The summed E-state index contributed by atoms with van der Waals surface area (Å²) in [5.74, 6) is 0.0826. The molecule has 1 heterocycles. The molecule has 2 aromatic carbocycles. The van der Waals surface area contributed by atoms with Crippen LogP contribution >= 0.6 is 27.7 Å². The lowest BCUT2D eigenvalue weighted by Crippen LogP contribution is -2.18. The minimum absolute atomic E-state index is 0.146. The number of nitrogens with one attached hydrogen (secondary N) is 2. The molecule has 3 aromatic rings. The predicted molar refractivity (Wildman–Crippen MR) is 110 cm³/mol. The fourth-order valence-corrected chi connectivity index (χ4v) is 3.41. The second-order valence-electron chi connectivity index (χ2n) is 5.48. The number of rotatable bonds is 6. The van der Waals surface area contributed by atoms with E-state index < -0.39 is 0 Å². The highest BCUT2D eigenvalue weighted by molar-refractivity contribution is 9.10. The molecule has 0 spiro atoms. The van der Waals surface area contributed by atoms with Gasteiger partial charge in [-0.15, -0.1) is 11.8 Å². The summed E-state index contributed by atoms with van der Waals surface area (Å²) in [7, 11) is 0. The lowest BCUT2D eigenvalue weighted by molar-refractivity contribution is -0.114. The number of halogens is 1. The van der Waals surface area contributed by atoms with Crippen molar-refractivity contribution in [1.29, 1.82) is 0 Å². The number of hydrogen-bond donors (Lipinski definition) is 2. The fraction of sp³-hybridized carbons (Fsp3) is 0.105. The topological polar surface area (TPSA) is 71.1 Å². The summed E-state index contributed by atoms with van der Waals surface area (Å²) < 4.78 is 0.894. The van der Waals surface area contributed by atoms with Crippen LogP contribution in [0.25, 0.3) is 10.9 Å². The Morgan fingerprint density at radius 1 is 0.962 bits per heavy atom. The number of thioether (sulfide) groups is 1. The van der Waals surface area contributed by atoms with E-state index in [4.69, 9.17) is 0 Å². The van der Waals surface area contributed by atoms with E-state index in [2.05, 4.69) is 31.5 Å². The molecule has 7 heteroatoms. The number of nitrogens with zero attached hydrogens (tertiary/aromatic N) is 1. The van der Waals surface area contributed by atoms with E-state index in [0.717, 1.165) is 21.1 Å². The summed E-state index contributed by atoms with van der Waals surface area (Å²) in [6, 6.07) is 16.8. The summed E-state index contributed by atoms with van der Waals surface area (Å²) in [4.78, 5) is 28.4. The molecule has 0 atom stereocenters. The number of fused-ring (bicyclic) bond motifs is 1. The van der Waals surface area contributed by atoms with E-state index in [0.29, 0.717) is 5.69 Å². The first-order chi connectivity index (χ1) is 12.6. The molecule has 0 saturated carbocycles. The second-order valence-corrected chi connectivity index (χ2v) is 7.38. The van der Waals surface area contributed by atoms with Gasteiger partial charge in [-0.1, -0.05) is 40.2 Å². The Kier molecular flexibility index (Phi) is 6.25. The van der Waals surface area contributed by atoms with Crippen molar-refractivity contribution in [3.05, 3.63) is 65.3 Å². The minimum Gasteiger partial charge on any atom is -0.325 e. The molecule has 132 valence electrons. The Hall–Kier alpha value is -2.38. The maximum absolute atomic E-state index is 12.1. The molecule has 0 fully saturated rings. The van der Waals surface area contributed by atoms with Gasteiger partial charge in [0.15, 0.2) is 0 Å². The van der Waals surface area contributed by atoms with Crippen molar-refractivity contribution in [3.63, 3.8) is 0 Å². The molecule has 0 aliphatic heterocycles. The van der Waals surface area contributed by atoms with Gasteiger partial charge in [0.2, 0.25) is 11.8 Å². The van der Waals surface area contributed by atoms with Crippen LogP contribution in [0.1, 0.15) is 0 Å². The van der Waals surface area contributed by atoms with Crippen LogP contribution in [-0.2, 0) is 9.59 Å². The van der Waals surface area contributed by atoms with Crippen molar-refractivity contribution in [2.45, 2.75) is 0 Å². The zero-order valence-electron chi connectivity index (χ0n) is 13.7. The highest BCUT2D eigenvalue weighted by Crippen LogP contribution is 2.21. The first-order valence-corrected chi connectivity index (χ1v) is 9.83. The smallest absolute Gasteiger partial charge is 0.234 e. The predicted octanol–water partition coefficient (Wildman–Crippen LogP) is 4.31. The number of para-hydroxylation sites is 1. The number of amides is 2. The van der Waals surface area contributed by atoms with Crippen LogP contribution in [0.3, 0.4) is 0 Å². The van der Waals surface area contributed by atoms with Gasteiger partial charge in [0.25, 0.3) is 0 Å². The summed E-state index contributed by atoms with van der Waals surface area (Å²) >= 11 is 4.62. The van der Waals surface area contributed by atoms with Gasteiger partial charge in [-0.2, -0.15) is 0 Å². The summed E-state index contributed by atoms with van der Waals surface area (Å²) in [5, 5.41) is 6.62. The molecule has 0 aliphatic rings. The van der Waals surface area contributed by atoms with E-state index in [-0.39, 0.29) is 23.3 Å². The molecular weight excluding hydrogens is 414 g/mol. The average Bonchev–Trinajstić information content (AvgIpc) is 2.62. The van der Waals surface area contributed by atoms with Crippen LogP contribution in [0.2, 0.25) is 0 Å². The van der Waals surface area contributed by atoms with Gasteiger partial charge < -0.3 is 10.6 Å². The Bertz CT molecular complexity index is 943. The number of hydrogen-bond acceptors (Lipinski definition) is 4. The SMILES string of the molecule is O=C(CSCC(=O)Nc1cccc2cccnc12)Nc1cccc(Br)c1. The van der Waals surface area contributed by atoms with E-state index in [9.17, 15) is 9.59 Å². The largest absolute Gasteiger partial charge is 0.325 e. The molecule has 0 unspecified atom stereocenters. The number of carbonyl (C=O) groups is 2. The monoisotopic (exact) mass is 429 g/mol. The Balaban J connectivity index is 1.49. The summed E-state index contributed by atoms with van der Waals surface area (Å²) in [6.07, 6.45) is 1.69. The zero-order valence-corrected chi connectivity index (χ0v) is 16.1. The lowest BCUT2D eigenvalue weighted by atomic mass is 10.2. The third-order valence-corrected chi connectivity index (χ3v) is 4.91. The zero-order chi connectivity index (χ0) is 18.4. The highest BCUT2D eigenvalue weighted by Gasteiger charge is 2.09. The molecule has 5 nitrogen and oxygen atoms in total. The quantitative estimate of drug-likeness (QED) is 0.612. The molecule has 0 bridgehead atoms. The first kappa shape index (κ1) is 18.4. The number of benzene rings is 2. The maximum atomic E-state index is 12.1. The fourth-order valence-electron chi connectivity index (χ4n) is 2.39. The van der Waals surface area contributed by atoms with Crippen LogP contribution in [0.5, 0.6) is 0 Å². The van der Waals surface area contributed by atoms with Crippen LogP contribution in [0, 0.1) is 0 Å². The van der Waals surface area contributed by atoms with Crippen LogP contribution in [0.4, 0.5) is 11.4 Å². The Labute approximate surface area is 163 Å². The molecule has 26 heavy (non-hydrogen) atoms. The van der Waals surface area contributed by atoms with Gasteiger partial charge in [-0.05, 0) is 30.3 Å². The van der Waals surface area contributed by atoms with Gasteiger partial charge in [0.05, 0.1) is 22.7 Å². The minimum atomic E-state index is -0.164. The third kappa shape index (κ3) is 5.06. The van der Waals surface area contributed by atoms with Crippen LogP contribution < -0.4 is 10.6 Å². The van der Waals surface area contributed by atoms with E-state index in [1.807, 2.05) is 54.6 Å². The lowest BCUT2D eigenvalue weighted by Gasteiger charge is -2.08. The van der Waals surface area contributed by atoms with E-state index in [1.165, 1.54) is 11.8 Å². The number of aromatic nitrogens is 1. The van der Waals surface area contributed by atoms with Gasteiger partial charge in [0.1, 0.15) is 0 Å². The van der Waals surface area contributed by atoms with Crippen molar-refractivity contribution >= 4 is 61.8 Å². The van der Waals surface area contributed by atoms with Gasteiger partial charge in [-0.25, -0.2) is 0 Å². The number of carbonyl (C=O) groups excluding carboxylic acids is 2. The van der Waals surface area contributed by atoms with Crippen LogP contribution in [0.15, 0.2) is 65.3 Å². The number of anilines is 2.